The van der Waals surface area contributed by atoms with Crippen LogP contribution in [-0.4, -0.2) is 4.98 Å². The van der Waals surface area contributed by atoms with Crippen molar-refractivity contribution in [2.24, 2.45) is 0 Å². The summed E-state index contributed by atoms with van der Waals surface area (Å²) in [6.45, 7) is 1.66. The minimum absolute atomic E-state index is 0.375. The third-order valence-electron chi connectivity index (χ3n) is 1.92. The zero-order valence-electron chi connectivity index (χ0n) is 8.03. The van der Waals surface area contributed by atoms with Gasteiger partial charge in [-0.2, -0.15) is 0 Å². The molecular formula is C11H8BrNO2. The van der Waals surface area contributed by atoms with Gasteiger partial charge in [0.25, 0.3) is 0 Å². The molecule has 0 unspecified atom stereocenters. The number of aryl methyl sites for hydroxylation is 1. The van der Waals surface area contributed by atoms with Gasteiger partial charge in [-0.15, -0.1) is 0 Å². The van der Waals surface area contributed by atoms with E-state index in [1.807, 2.05) is 24.3 Å². The van der Waals surface area contributed by atoms with Crippen LogP contribution < -0.4 is 5.63 Å². The molecule has 76 valence electrons. The van der Waals surface area contributed by atoms with E-state index >= 15 is 0 Å². The summed E-state index contributed by atoms with van der Waals surface area (Å²) in [5, 5.41) is 0. The van der Waals surface area contributed by atoms with Crippen molar-refractivity contribution in [2.45, 2.75) is 6.92 Å². The fourth-order valence-electron chi connectivity index (χ4n) is 1.28. The Morgan fingerprint density at radius 3 is 2.53 bits per heavy atom. The molecular weight excluding hydrogens is 258 g/mol. The van der Waals surface area contributed by atoms with Gasteiger partial charge in [-0.1, -0.05) is 28.1 Å². The van der Waals surface area contributed by atoms with E-state index < -0.39 is 0 Å². The number of halogens is 1. The largest absolute Gasteiger partial charge is 0.409 e. The standard InChI is InChI=1S/C11H8BrNO2/c1-7-13-10(6-11(14)15-7)8-2-4-9(12)5-3-8/h2-6H,1H3. The number of hydrogen-bond acceptors (Lipinski definition) is 3. The Morgan fingerprint density at radius 2 is 1.93 bits per heavy atom. The summed E-state index contributed by atoms with van der Waals surface area (Å²) in [6, 6.07) is 8.98. The van der Waals surface area contributed by atoms with Gasteiger partial charge in [0.15, 0.2) is 5.89 Å². The second kappa shape index (κ2) is 3.98. The zero-order valence-corrected chi connectivity index (χ0v) is 9.61. The van der Waals surface area contributed by atoms with Crippen molar-refractivity contribution in [1.82, 2.24) is 4.98 Å². The SMILES string of the molecule is Cc1nc(-c2ccc(Br)cc2)cc(=O)o1. The molecule has 0 aliphatic heterocycles. The van der Waals surface area contributed by atoms with Gasteiger partial charge in [0.2, 0.25) is 0 Å². The summed E-state index contributed by atoms with van der Waals surface area (Å²) in [5.74, 6) is 0.375. The number of aromatic nitrogens is 1. The topological polar surface area (TPSA) is 43.1 Å². The van der Waals surface area contributed by atoms with Gasteiger partial charge in [-0.3, -0.25) is 0 Å². The summed E-state index contributed by atoms with van der Waals surface area (Å²) in [5.41, 5.74) is 1.16. The molecule has 4 heteroatoms. The van der Waals surface area contributed by atoms with E-state index in [9.17, 15) is 4.79 Å². The predicted molar refractivity (Wildman–Crippen MR) is 60.6 cm³/mol. The first-order valence-corrected chi connectivity index (χ1v) is 5.19. The minimum atomic E-state index is -0.375. The number of rotatable bonds is 1. The van der Waals surface area contributed by atoms with E-state index in [-0.39, 0.29) is 5.63 Å². The lowest BCUT2D eigenvalue weighted by Gasteiger charge is -2.00. The van der Waals surface area contributed by atoms with Gasteiger partial charge >= 0.3 is 5.63 Å². The molecule has 0 spiro atoms. The Kier molecular flexibility index (Phi) is 2.68. The number of hydrogen-bond donors (Lipinski definition) is 0. The Bertz CT molecular complexity index is 531. The van der Waals surface area contributed by atoms with E-state index in [1.165, 1.54) is 6.07 Å². The fourth-order valence-corrected chi connectivity index (χ4v) is 1.54. The lowest BCUT2D eigenvalue weighted by atomic mass is 10.1. The normalized spacial score (nSPS) is 10.3. The Morgan fingerprint density at radius 1 is 1.27 bits per heavy atom. The number of benzene rings is 1. The van der Waals surface area contributed by atoms with Crippen molar-refractivity contribution >= 4 is 15.9 Å². The summed E-state index contributed by atoms with van der Waals surface area (Å²) >= 11 is 3.35. The summed E-state index contributed by atoms with van der Waals surface area (Å²) < 4.78 is 5.78. The van der Waals surface area contributed by atoms with Crippen LogP contribution in [0.5, 0.6) is 0 Å². The molecule has 0 saturated heterocycles. The molecule has 1 aromatic heterocycles. The molecule has 2 rings (SSSR count). The molecule has 0 fully saturated rings. The van der Waals surface area contributed by atoms with Crippen molar-refractivity contribution in [3.63, 3.8) is 0 Å². The first-order chi connectivity index (χ1) is 7.15. The molecule has 0 saturated carbocycles. The van der Waals surface area contributed by atoms with Gasteiger partial charge in [0, 0.05) is 17.0 Å². The summed E-state index contributed by atoms with van der Waals surface area (Å²) in [7, 11) is 0. The Balaban J connectivity index is 2.54. The first kappa shape index (κ1) is 10.1. The average molecular weight is 266 g/mol. The Labute approximate surface area is 94.9 Å². The average Bonchev–Trinajstić information content (AvgIpc) is 2.17. The molecule has 1 heterocycles. The molecule has 0 amide bonds. The molecule has 0 atom stereocenters. The second-order valence-electron chi connectivity index (χ2n) is 3.09. The fraction of sp³-hybridized carbons (Fsp3) is 0.0909. The lowest BCUT2D eigenvalue weighted by Crippen LogP contribution is -2.01. The maximum Gasteiger partial charge on any atom is 0.339 e. The maximum atomic E-state index is 11.1. The molecule has 3 nitrogen and oxygen atoms in total. The van der Waals surface area contributed by atoms with Gasteiger partial charge in [-0.05, 0) is 12.1 Å². The highest BCUT2D eigenvalue weighted by molar-refractivity contribution is 9.10. The van der Waals surface area contributed by atoms with E-state index in [2.05, 4.69) is 20.9 Å². The molecule has 15 heavy (non-hydrogen) atoms. The minimum Gasteiger partial charge on any atom is -0.409 e. The van der Waals surface area contributed by atoms with E-state index in [0.29, 0.717) is 11.6 Å². The third kappa shape index (κ3) is 2.33. The van der Waals surface area contributed by atoms with Crippen LogP contribution in [0.1, 0.15) is 5.89 Å². The van der Waals surface area contributed by atoms with Crippen molar-refractivity contribution in [3.8, 4) is 11.3 Å². The monoisotopic (exact) mass is 265 g/mol. The number of nitrogens with zero attached hydrogens (tertiary/aromatic N) is 1. The first-order valence-electron chi connectivity index (χ1n) is 4.40. The van der Waals surface area contributed by atoms with E-state index in [0.717, 1.165) is 10.0 Å². The van der Waals surface area contributed by atoms with Gasteiger partial charge in [-0.25, -0.2) is 9.78 Å². The van der Waals surface area contributed by atoms with Crippen LogP contribution >= 0.6 is 15.9 Å². The molecule has 0 N–H and O–H groups in total. The molecule has 1 aromatic carbocycles. The smallest absolute Gasteiger partial charge is 0.339 e. The van der Waals surface area contributed by atoms with Crippen molar-refractivity contribution < 1.29 is 4.42 Å². The molecule has 0 radical (unpaired) electrons. The van der Waals surface area contributed by atoms with E-state index in [4.69, 9.17) is 4.42 Å². The third-order valence-corrected chi connectivity index (χ3v) is 2.45. The molecule has 0 aliphatic rings. The molecule has 2 aromatic rings. The highest BCUT2D eigenvalue weighted by Crippen LogP contribution is 2.18. The van der Waals surface area contributed by atoms with Crippen LogP contribution in [0.25, 0.3) is 11.3 Å². The van der Waals surface area contributed by atoms with Gasteiger partial charge in [0.1, 0.15) is 0 Å². The zero-order chi connectivity index (χ0) is 10.8. The summed E-state index contributed by atoms with van der Waals surface area (Å²) in [4.78, 5) is 15.3. The molecule has 0 aliphatic carbocycles. The maximum absolute atomic E-state index is 11.1. The highest BCUT2D eigenvalue weighted by Gasteiger charge is 2.02. The lowest BCUT2D eigenvalue weighted by molar-refractivity contribution is 0.458. The van der Waals surface area contributed by atoms with Crippen LogP contribution in [0.2, 0.25) is 0 Å². The van der Waals surface area contributed by atoms with Crippen LogP contribution in [0.3, 0.4) is 0 Å². The van der Waals surface area contributed by atoms with Crippen molar-refractivity contribution in [1.29, 1.82) is 0 Å². The summed E-state index contributed by atoms with van der Waals surface area (Å²) in [6.07, 6.45) is 0. The van der Waals surface area contributed by atoms with Crippen LogP contribution in [0.4, 0.5) is 0 Å². The van der Waals surface area contributed by atoms with Crippen LogP contribution in [0, 0.1) is 6.92 Å². The van der Waals surface area contributed by atoms with E-state index in [1.54, 1.807) is 6.92 Å². The highest BCUT2D eigenvalue weighted by atomic mass is 79.9. The quantitative estimate of drug-likeness (QED) is 0.797. The van der Waals surface area contributed by atoms with Crippen LogP contribution in [0.15, 0.2) is 44.0 Å². The predicted octanol–water partition coefficient (Wildman–Crippen LogP) is 2.77. The van der Waals surface area contributed by atoms with Gasteiger partial charge < -0.3 is 4.42 Å². The van der Waals surface area contributed by atoms with Gasteiger partial charge in [0.05, 0.1) is 11.8 Å². The Hall–Kier alpha value is -1.42. The molecule has 0 bridgehead atoms. The van der Waals surface area contributed by atoms with Crippen molar-refractivity contribution in [2.75, 3.05) is 0 Å². The second-order valence-corrected chi connectivity index (χ2v) is 4.00. The van der Waals surface area contributed by atoms with Crippen LogP contribution in [-0.2, 0) is 0 Å². The van der Waals surface area contributed by atoms with Crippen molar-refractivity contribution in [3.05, 3.63) is 51.1 Å².